The van der Waals surface area contributed by atoms with Crippen LogP contribution >= 0.6 is 0 Å². The van der Waals surface area contributed by atoms with E-state index in [0.29, 0.717) is 19.1 Å². The van der Waals surface area contributed by atoms with E-state index >= 15 is 0 Å². The topological polar surface area (TPSA) is 84.0 Å². The van der Waals surface area contributed by atoms with E-state index < -0.39 is 0 Å². The molecule has 0 fully saturated rings. The van der Waals surface area contributed by atoms with Crippen molar-refractivity contribution >= 4 is 17.6 Å². The summed E-state index contributed by atoms with van der Waals surface area (Å²) in [6, 6.07) is 15.7. The highest BCUT2D eigenvalue weighted by atomic mass is 16.5. The zero-order valence-corrected chi connectivity index (χ0v) is 20.0. The molecule has 0 bridgehead atoms. The lowest BCUT2D eigenvalue weighted by Crippen LogP contribution is -2.46. The Bertz CT molecular complexity index is 887. The predicted molar refractivity (Wildman–Crippen MR) is 130 cm³/mol. The van der Waals surface area contributed by atoms with Crippen LogP contribution in [0.25, 0.3) is 0 Å². The zero-order valence-electron chi connectivity index (χ0n) is 20.0. The first kappa shape index (κ1) is 25.2. The van der Waals surface area contributed by atoms with Gasteiger partial charge in [0.1, 0.15) is 5.75 Å². The number of methoxy groups -OCH3 is 1. The molecular formula is C25H36N4O3. The van der Waals surface area contributed by atoms with Gasteiger partial charge in [-0.25, -0.2) is 4.99 Å². The lowest BCUT2D eigenvalue weighted by Gasteiger charge is -2.21. The second-order valence-corrected chi connectivity index (χ2v) is 8.83. The Hall–Kier alpha value is -3.06. The molecule has 0 aromatic heterocycles. The largest absolute Gasteiger partial charge is 0.491 e. The first-order valence-electron chi connectivity index (χ1n) is 10.8. The van der Waals surface area contributed by atoms with Gasteiger partial charge < -0.3 is 25.4 Å². The second-order valence-electron chi connectivity index (χ2n) is 8.83. The van der Waals surface area contributed by atoms with Crippen LogP contribution < -0.4 is 20.7 Å². The molecule has 2 aromatic rings. The maximum Gasteiger partial charge on any atom is 0.239 e. The van der Waals surface area contributed by atoms with E-state index in [1.807, 2.05) is 83.1 Å². The Morgan fingerprint density at radius 2 is 1.69 bits per heavy atom. The molecule has 7 heteroatoms. The van der Waals surface area contributed by atoms with E-state index in [4.69, 9.17) is 14.5 Å². The van der Waals surface area contributed by atoms with Crippen molar-refractivity contribution in [3.05, 3.63) is 59.7 Å². The Labute approximate surface area is 191 Å². The van der Waals surface area contributed by atoms with Crippen molar-refractivity contribution in [1.82, 2.24) is 10.6 Å². The van der Waals surface area contributed by atoms with Gasteiger partial charge in [-0.15, -0.1) is 0 Å². The summed E-state index contributed by atoms with van der Waals surface area (Å²) in [6.45, 7) is 10.9. The third-order valence-electron chi connectivity index (χ3n) is 4.25. The van der Waals surface area contributed by atoms with Gasteiger partial charge in [-0.3, -0.25) is 4.79 Å². The van der Waals surface area contributed by atoms with Crippen LogP contribution in [0, 0.1) is 0 Å². The molecule has 3 N–H and O–H groups in total. The Morgan fingerprint density at radius 3 is 2.28 bits per heavy atom. The van der Waals surface area contributed by atoms with Crippen LogP contribution in [0.5, 0.6) is 5.75 Å². The summed E-state index contributed by atoms with van der Waals surface area (Å²) in [5.41, 5.74) is 2.69. The van der Waals surface area contributed by atoms with Crippen molar-refractivity contribution in [2.75, 3.05) is 19.0 Å². The third kappa shape index (κ3) is 9.39. The molecule has 0 aliphatic carbocycles. The fourth-order valence-electron chi connectivity index (χ4n) is 2.96. The van der Waals surface area contributed by atoms with Crippen molar-refractivity contribution in [3.8, 4) is 5.75 Å². The summed E-state index contributed by atoms with van der Waals surface area (Å²) in [7, 11) is 1.68. The number of benzene rings is 2. The van der Waals surface area contributed by atoms with Crippen LogP contribution in [-0.4, -0.2) is 37.2 Å². The highest BCUT2D eigenvalue weighted by Crippen LogP contribution is 2.17. The molecule has 2 aromatic carbocycles. The Balaban J connectivity index is 2.15. The number of amides is 1. The van der Waals surface area contributed by atoms with Crippen molar-refractivity contribution in [1.29, 1.82) is 0 Å². The predicted octanol–water partition coefficient (Wildman–Crippen LogP) is 4.09. The maximum absolute atomic E-state index is 12.3. The van der Waals surface area contributed by atoms with Gasteiger partial charge in [-0.1, -0.05) is 24.3 Å². The van der Waals surface area contributed by atoms with Crippen LogP contribution in [-0.2, 0) is 22.7 Å². The number of ether oxygens (including phenoxy) is 2. The van der Waals surface area contributed by atoms with E-state index in [1.165, 1.54) is 0 Å². The SMILES string of the molecule is COCc1ccccc1CN=C(NCC(=O)NC(C)(C)C)Nc1ccc(OC(C)C)cc1. The molecule has 7 nitrogen and oxygen atoms in total. The molecule has 0 saturated heterocycles. The summed E-state index contributed by atoms with van der Waals surface area (Å²) in [4.78, 5) is 17.0. The number of carbonyl (C=O) groups excluding carboxylic acids is 1. The van der Waals surface area contributed by atoms with Gasteiger partial charge in [0.05, 0.1) is 25.8 Å². The van der Waals surface area contributed by atoms with Gasteiger partial charge in [0.25, 0.3) is 0 Å². The van der Waals surface area contributed by atoms with Gasteiger partial charge in [-0.05, 0) is 70.0 Å². The van der Waals surface area contributed by atoms with Crippen molar-refractivity contribution in [2.24, 2.45) is 4.99 Å². The van der Waals surface area contributed by atoms with Crippen LogP contribution in [0.4, 0.5) is 5.69 Å². The summed E-state index contributed by atoms with van der Waals surface area (Å²) in [5.74, 6) is 1.21. The van der Waals surface area contributed by atoms with Crippen LogP contribution in [0.2, 0.25) is 0 Å². The number of nitrogens with zero attached hydrogens (tertiary/aromatic N) is 1. The molecular weight excluding hydrogens is 404 g/mol. The van der Waals surface area contributed by atoms with E-state index in [9.17, 15) is 4.79 Å². The van der Waals surface area contributed by atoms with Crippen molar-refractivity contribution in [2.45, 2.75) is 59.4 Å². The zero-order chi connectivity index (χ0) is 23.6. The molecule has 0 heterocycles. The normalized spacial score (nSPS) is 11.9. The minimum atomic E-state index is -0.297. The first-order valence-corrected chi connectivity index (χ1v) is 10.8. The smallest absolute Gasteiger partial charge is 0.239 e. The summed E-state index contributed by atoms with van der Waals surface area (Å²) < 4.78 is 11.0. The van der Waals surface area contributed by atoms with Gasteiger partial charge in [0, 0.05) is 18.3 Å². The number of hydrogen-bond acceptors (Lipinski definition) is 4. The summed E-state index contributed by atoms with van der Waals surface area (Å²) >= 11 is 0. The number of rotatable bonds is 9. The van der Waals surface area contributed by atoms with Gasteiger partial charge in [-0.2, -0.15) is 0 Å². The monoisotopic (exact) mass is 440 g/mol. The lowest BCUT2D eigenvalue weighted by atomic mass is 10.1. The summed E-state index contributed by atoms with van der Waals surface area (Å²) in [6.07, 6.45) is 0.112. The maximum atomic E-state index is 12.3. The molecule has 0 aliphatic heterocycles. The third-order valence-corrected chi connectivity index (χ3v) is 4.25. The molecule has 0 unspecified atom stereocenters. The molecule has 0 atom stereocenters. The Morgan fingerprint density at radius 1 is 1.03 bits per heavy atom. The molecule has 0 saturated carbocycles. The molecule has 1 amide bonds. The molecule has 0 radical (unpaired) electrons. The van der Waals surface area contributed by atoms with Gasteiger partial charge in [0.2, 0.25) is 5.91 Å². The highest BCUT2D eigenvalue weighted by molar-refractivity contribution is 5.96. The second kappa shape index (κ2) is 12.1. The fraction of sp³-hybridized carbons (Fsp3) is 0.440. The lowest BCUT2D eigenvalue weighted by molar-refractivity contribution is -0.121. The quantitative estimate of drug-likeness (QED) is 0.404. The number of nitrogens with one attached hydrogen (secondary N) is 3. The van der Waals surface area contributed by atoms with Crippen molar-refractivity contribution < 1.29 is 14.3 Å². The van der Waals surface area contributed by atoms with E-state index in [0.717, 1.165) is 22.6 Å². The number of anilines is 1. The molecule has 2 rings (SSSR count). The number of guanidine groups is 1. The van der Waals surface area contributed by atoms with Gasteiger partial charge in [0.15, 0.2) is 5.96 Å². The minimum absolute atomic E-state index is 0.104. The van der Waals surface area contributed by atoms with E-state index in [1.54, 1.807) is 7.11 Å². The van der Waals surface area contributed by atoms with Crippen LogP contribution in [0.3, 0.4) is 0 Å². The standard InChI is InChI=1S/C25H36N4O3/c1-18(2)32-22-13-11-21(12-14-22)28-24(27-16-23(30)29-25(3,4)5)26-15-19-9-7-8-10-20(19)17-31-6/h7-14,18H,15-17H2,1-6H3,(H,29,30)(H2,26,27,28). The minimum Gasteiger partial charge on any atom is -0.491 e. The van der Waals surface area contributed by atoms with E-state index in [-0.39, 0.29) is 24.1 Å². The molecule has 174 valence electrons. The van der Waals surface area contributed by atoms with Crippen molar-refractivity contribution in [3.63, 3.8) is 0 Å². The Kier molecular flexibility index (Phi) is 9.53. The average Bonchev–Trinajstić information content (AvgIpc) is 2.71. The fourth-order valence-corrected chi connectivity index (χ4v) is 2.96. The molecule has 0 spiro atoms. The molecule has 32 heavy (non-hydrogen) atoms. The van der Waals surface area contributed by atoms with Crippen LogP contribution in [0.15, 0.2) is 53.5 Å². The number of aliphatic imine (C=N–C) groups is 1. The van der Waals surface area contributed by atoms with Crippen LogP contribution in [0.1, 0.15) is 45.7 Å². The van der Waals surface area contributed by atoms with E-state index in [2.05, 4.69) is 16.0 Å². The highest BCUT2D eigenvalue weighted by Gasteiger charge is 2.14. The first-order chi connectivity index (χ1) is 15.2. The number of carbonyl (C=O) groups is 1. The number of hydrogen-bond donors (Lipinski definition) is 3. The van der Waals surface area contributed by atoms with Gasteiger partial charge >= 0.3 is 0 Å². The molecule has 0 aliphatic rings. The average molecular weight is 441 g/mol. The summed E-state index contributed by atoms with van der Waals surface area (Å²) in [5, 5.41) is 9.34.